The van der Waals surface area contributed by atoms with Gasteiger partial charge in [0.25, 0.3) is 0 Å². The Kier molecular flexibility index (Phi) is 41.2. The number of carbonyl (C=O) groups excluding carboxylic acids is 2. The molecule has 0 aromatic rings. The number of unbranched alkanes of at least 4 members (excludes halogenated alkanes) is 8. The zero-order valence-corrected chi connectivity index (χ0v) is 34.7. The monoisotopic (exact) mass is 747 g/mol. The maximum absolute atomic E-state index is 12.5. The first-order valence-corrected chi connectivity index (χ1v) is 21.4. The third kappa shape index (κ3) is 41.3. The summed E-state index contributed by atoms with van der Waals surface area (Å²) >= 11 is 0. The number of ether oxygens (including phenoxy) is 3. The Hall–Kier alpha value is -3.44. The molecule has 0 fully saturated rings. The number of carbonyl (C=O) groups is 2. The van der Waals surface area contributed by atoms with Crippen molar-refractivity contribution in [2.45, 2.75) is 168 Å². The summed E-state index contributed by atoms with van der Waals surface area (Å²) in [6.45, 7) is 7.36. The van der Waals surface area contributed by atoms with Crippen molar-refractivity contribution >= 4 is 11.9 Å². The average molecular weight is 747 g/mol. The first kappa shape index (κ1) is 50.6. The standard InChI is InChI=1S/C49H78O5/c1-4-7-10-13-15-17-19-21-23-24-25-26-27-28-30-32-34-37-39-42-48(50)53-46-47(54-49(51)43-40-36-12-9-6-3)45-52-44-41-38-35-33-31-29-22-20-18-16-14-11-8-5-2/h7-8,10-11,15-18,21-23,25-26,28-30,34,37,47H,4-6,9,12-14,19-20,24,27,31-33,35-36,38-46H2,1-3H3/b10-7-,11-8-,17-15-,18-16-,23-21-,26-25-,29-22-,30-28-,37-34-. The van der Waals surface area contributed by atoms with E-state index in [1.165, 1.54) is 19.3 Å². The Morgan fingerprint density at radius 1 is 0.426 bits per heavy atom. The van der Waals surface area contributed by atoms with Crippen LogP contribution in [0, 0.1) is 0 Å². The predicted octanol–water partition coefficient (Wildman–Crippen LogP) is 14.1. The predicted molar refractivity (Wildman–Crippen MR) is 233 cm³/mol. The summed E-state index contributed by atoms with van der Waals surface area (Å²) in [4.78, 5) is 24.9. The lowest BCUT2D eigenvalue weighted by Gasteiger charge is -2.18. The first-order valence-electron chi connectivity index (χ1n) is 21.4. The topological polar surface area (TPSA) is 61.8 Å². The second-order valence-electron chi connectivity index (χ2n) is 13.5. The Bertz CT molecular complexity index is 1120. The highest BCUT2D eigenvalue weighted by Gasteiger charge is 2.17. The van der Waals surface area contributed by atoms with Crippen LogP contribution in [0.2, 0.25) is 0 Å². The molecule has 1 atom stereocenters. The van der Waals surface area contributed by atoms with Crippen LogP contribution in [0.15, 0.2) is 109 Å². The molecule has 0 saturated heterocycles. The summed E-state index contributed by atoms with van der Waals surface area (Å²) in [7, 11) is 0. The number of rotatable bonds is 37. The number of esters is 2. The van der Waals surface area contributed by atoms with E-state index in [1.807, 2.05) is 6.08 Å². The van der Waals surface area contributed by atoms with Crippen LogP contribution in [-0.4, -0.2) is 37.9 Å². The zero-order valence-electron chi connectivity index (χ0n) is 34.7. The molecule has 304 valence electrons. The van der Waals surface area contributed by atoms with Gasteiger partial charge in [0.2, 0.25) is 0 Å². The quantitative estimate of drug-likeness (QED) is 0.0360. The molecular formula is C49H78O5. The highest BCUT2D eigenvalue weighted by Crippen LogP contribution is 2.09. The molecule has 5 nitrogen and oxygen atoms in total. The number of hydrogen-bond donors (Lipinski definition) is 0. The van der Waals surface area contributed by atoms with Gasteiger partial charge >= 0.3 is 11.9 Å². The third-order valence-electron chi connectivity index (χ3n) is 8.32. The van der Waals surface area contributed by atoms with E-state index >= 15 is 0 Å². The fourth-order valence-corrected chi connectivity index (χ4v) is 5.19. The SMILES string of the molecule is CC/C=C\C/C=C\C/C=C\C/C=C\C/C=C\C/C=C\CCC(=O)OCC(COCCCCCC/C=C\C/C=C\C/C=C\CC)OC(=O)CCCCCCC. The van der Waals surface area contributed by atoms with E-state index < -0.39 is 6.10 Å². The van der Waals surface area contributed by atoms with Gasteiger partial charge in [-0.2, -0.15) is 0 Å². The van der Waals surface area contributed by atoms with E-state index in [0.29, 0.717) is 25.9 Å². The molecule has 0 aliphatic carbocycles. The van der Waals surface area contributed by atoms with Crippen molar-refractivity contribution in [2.75, 3.05) is 19.8 Å². The van der Waals surface area contributed by atoms with Crippen LogP contribution >= 0.6 is 0 Å². The first-order chi connectivity index (χ1) is 26.6. The lowest BCUT2D eigenvalue weighted by molar-refractivity contribution is -0.162. The molecule has 0 heterocycles. The van der Waals surface area contributed by atoms with Crippen molar-refractivity contribution in [3.8, 4) is 0 Å². The fraction of sp³-hybridized carbons (Fsp3) is 0.592. The molecule has 0 amide bonds. The van der Waals surface area contributed by atoms with Gasteiger partial charge < -0.3 is 14.2 Å². The second kappa shape index (κ2) is 44.0. The van der Waals surface area contributed by atoms with Crippen LogP contribution in [0.4, 0.5) is 0 Å². The highest BCUT2D eigenvalue weighted by atomic mass is 16.6. The smallest absolute Gasteiger partial charge is 0.306 e. The summed E-state index contributed by atoms with van der Waals surface area (Å²) in [5.41, 5.74) is 0. The summed E-state index contributed by atoms with van der Waals surface area (Å²) in [5, 5.41) is 0. The molecule has 0 aromatic carbocycles. The Balaban J connectivity index is 4.27. The molecule has 54 heavy (non-hydrogen) atoms. The Morgan fingerprint density at radius 2 is 0.870 bits per heavy atom. The summed E-state index contributed by atoms with van der Waals surface area (Å²) in [6.07, 6.45) is 59.8. The van der Waals surface area contributed by atoms with Crippen LogP contribution in [0.3, 0.4) is 0 Å². The van der Waals surface area contributed by atoms with Crippen molar-refractivity contribution in [2.24, 2.45) is 0 Å². The van der Waals surface area contributed by atoms with Crippen LogP contribution in [-0.2, 0) is 23.8 Å². The fourth-order valence-electron chi connectivity index (χ4n) is 5.19. The van der Waals surface area contributed by atoms with Gasteiger partial charge in [0.05, 0.1) is 6.61 Å². The van der Waals surface area contributed by atoms with Crippen molar-refractivity contribution in [1.29, 1.82) is 0 Å². The van der Waals surface area contributed by atoms with E-state index in [1.54, 1.807) is 0 Å². The van der Waals surface area contributed by atoms with E-state index in [0.717, 1.165) is 103 Å². The van der Waals surface area contributed by atoms with Crippen molar-refractivity contribution in [3.63, 3.8) is 0 Å². The van der Waals surface area contributed by atoms with E-state index in [9.17, 15) is 9.59 Å². The van der Waals surface area contributed by atoms with Crippen molar-refractivity contribution < 1.29 is 23.8 Å². The Labute approximate surface area is 332 Å². The number of allylic oxidation sites excluding steroid dienone is 18. The van der Waals surface area contributed by atoms with Crippen molar-refractivity contribution in [3.05, 3.63) is 109 Å². The van der Waals surface area contributed by atoms with Crippen LogP contribution in [0.25, 0.3) is 0 Å². The summed E-state index contributed by atoms with van der Waals surface area (Å²) in [6, 6.07) is 0. The largest absolute Gasteiger partial charge is 0.462 e. The van der Waals surface area contributed by atoms with E-state index in [-0.39, 0.29) is 25.2 Å². The van der Waals surface area contributed by atoms with Crippen molar-refractivity contribution in [1.82, 2.24) is 0 Å². The summed E-state index contributed by atoms with van der Waals surface area (Å²) in [5.74, 6) is -0.532. The zero-order chi connectivity index (χ0) is 39.3. The van der Waals surface area contributed by atoms with Crippen LogP contribution in [0.1, 0.15) is 162 Å². The minimum Gasteiger partial charge on any atom is -0.462 e. The maximum atomic E-state index is 12.5. The van der Waals surface area contributed by atoms with Crippen LogP contribution < -0.4 is 0 Å². The lowest BCUT2D eigenvalue weighted by Crippen LogP contribution is -2.30. The number of hydrogen-bond acceptors (Lipinski definition) is 5. The molecule has 0 aromatic heterocycles. The summed E-state index contributed by atoms with van der Waals surface area (Å²) < 4.78 is 17.1. The van der Waals surface area contributed by atoms with E-state index in [4.69, 9.17) is 14.2 Å². The Morgan fingerprint density at radius 3 is 1.39 bits per heavy atom. The minimum atomic E-state index is -0.579. The van der Waals surface area contributed by atoms with Gasteiger partial charge in [0.15, 0.2) is 6.10 Å². The minimum absolute atomic E-state index is 0.0289. The molecule has 0 saturated carbocycles. The molecule has 0 rings (SSSR count). The molecule has 0 spiro atoms. The highest BCUT2D eigenvalue weighted by molar-refractivity contribution is 5.70. The molecular weight excluding hydrogens is 669 g/mol. The van der Waals surface area contributed by atoms with Gasteiger partial charge in [-0.15, -0.1) is 0 Å². The molecule has 5 heteroatoms. The molecule has 0 radical (unpaired) electrons. The van der Waals surface area contributed by atoms with Crippen LogP contribution in [0.5, 0.6) is 0 Å². The van der Waals surface area contributed by atoms with Gasteiger partial charge in [-0.3, -0.25) is 9.59 Å². The van der Waals surface area contributed by atoms with Gasteiger partial charge in [-0.25, -0.2) is 0 Å². The maximum Gasteiger partial charge on any atom is 0.306 e. The van der Waals surface area contributed by atoms with Gasteiger partial charge in [0, 0.05) is 19.4 Å². The third-order valence-corrected chi connectivity index (χ3v) is 8.32. The molecule has 0 N–H and O–H groups in total. The van der Waals surface area contributed by atoms with Gasteiger partial charge in [-0.1, -0.05) is 169 Å². The molecule has 0 aliphatic heterocycles. The second-order valence-corrected chi connectivity index (χ2v) is 13.5. The van der Waals surface area contributed by atoms with Gasteiger partial charge in [-0.05, 0) is 89.9 Å². The average Bonchev–Trinajstić information content (AvgIpc) is 3.17. The lowest BCUT2D eigenvalue weighted by atomic mass is 10.1. The van der Waals surface area contributed by atoms with E-state index in [2.05, 4.69) is 124 Å². The molecule has 0 bridgehead atoms. The molecule has 1 unspecified atom stereocenters. The molecule has 0 aliphatic rings. The normalized spacial score (nSPS) is 13.3. The van der Waals surface area contributed by atoms with Gasteiger partial charge in [0.1, 0.15) is 6.61 Å².